The summed E-state index contributed by atoms with van der Waals surface area (Å²) in [5, 5.41) is 8.46. The molecule has 6 heteroatoms. The molecular weight excluding hydrogens is 298 g/mol. The quantitative estimate of drug-likeness (QED) is 0.229. The van der Waals surface area contributed by atoms with Gasteiger partial charge >= 0.3 is 60.4 Å². The first-order valence-electron chi connectivity index (χ1n) is 8.47. The van der Waals surface area contributed by atoms with Gasteiger partial charge in [-0.05, 0) is 19.8 Å². The van der Waals surface area contributed by atoms with Crippen LogP contribution >= 0.6 is 0 Å². The number of carbonyl (C=O) groups excluding carboxylic acids is 1. The minimum absolute atomic E-state index is 0. The number of esters is 1. The second-order valence-electron chi connectivity index (χ2n) is 5.84. The zero-order valence-electron chi connectivity index (χ0n) is 13.7. The molecule has 0 rings (SSSR count). The van der Waals surface area contributed by atoms with Gasteiger partial charge in [0.1, 0.15) is 6.42 Å². The van der Waals surface area contributed by atoms with E-state index in [1.54, 1.807) is 0 Å². The van der Waals surface area contributed by atoms with E-state index in [9.17, 15) is 9.59 Å². The van der Waals surface area contributed by atoms with Crippen molar-refractivity contribution >= 4 is 60.4 Å². The normalized spacial score (nSPS) is 11.0. The van der Waals surface area contributed by atoms with E-state index >= 15 is 0 Å². The molecule has 0 amide bonds. The molecule has 0 spiro atoms. The van der Waals surface area contributed by atoms with E-state index < -0.39 is 18.4 Å². The Morgan fingerprint density at radius 1 is 0.913 bits per heavy atom. The van der Waals surface area contributed by atoms with Crippen molar-refractivity contribution in [2.24, 2.45) is 0 Å². The summed E-state index contributed by atoms with van der Waals surface area (Å²) >= 11 is 0. The standard InChI is InChI=1S/C17H32O4.Li.Na.2H/c1-3-4-5-6-7-8-9-10-11-12-13-15(2)21-17(20)14-16(18)19;;;;/h15H,3-14H2,1-2H3,(H,18,19);;;;. The average molecular weight is 332 g/mol. The van der Waals surface area contributed by atoms with Crippen LogP contribution in [0.25, 0.3) is 0 Å². The van der Waals surface area contributed by atoms with Gasteiger partial charge in [0.2, 0.25) is 0 Å². The predicted molar refractivity (Wildman–Crippen MR) is 98.6 cm³/mol. The first-order chi connectivity index (χ1) is 10.1. The van der Waals surface area contributed by atoms with Gasteiger partial charge in [0.15, 0.2) is 0 Å². The van der Waals surface area contributed by atoms with Crippen LogP contribution in [0.4, 0.5) is 0 Å². The monoisotopic (exact) mass is 332 g/mol. The molecule has 0 aromatic heterocycles. The maximum absolute atomic E-state index is 11.1. The average Bonchev–Trinajstić information content (AvgIpc) is 2.39. The van der Waals surface area contributed by atoms with Crippen molar-refractivity contribution in [2.45, 2.75) is 97.0 Å². The van der Waals surface area contributed by atoms with Crippen LogP contribution in [0.15, 0.2) is 0 Å². The molecule has 0 aromatic rings. The van der Waals surface area contributed by atoms with Crippen LogP contribution in [0.3, 0.4) is 0 Å². The van der Waals surface area contributed by atoms with Crippen LogP contribution in [-0.2, 0) is 14.3 Å². The topological polar surface area (TPSA) is 63.6 Å². The fourth-order valence-corrected chi connectivity index (χ4v) is 2.37. The molecule has 23 heavy (non-hydrogen) atoms. The summed E-state index contributed by atoms with van der Waals surface area (Å²) in [6.07, 6.45) is 12.9. The zero-order valence-corrected chi connectivity index (χ0v) is 13.7. The molecule has 0 aliphatic heterocycles. The van der Waals surface area contributed by atoms with E-state index in [2.05, 4.69) is 6.92 Å². The third kappa shape index (κ3) is 22.5. The first-order valence-corrected chi connectivity index (χ1v) is 8.47. The molecule has 0 fully saturated rings. The van der Waals surface area contributed by atoms with E-state index in [4.69, 9.17) is 9.84 Å². The summed E-state index contributed by atoms with van der Waals surface area (Å²) in [7, 11) is 0. The Hall–Kier alpha value is 0.537. The Morgan fingerprint density at radius 3 is 1.78 bits per heavy atom. The van der Waals surface area contributed by atoms with Gasteiger partial charge in [-0.15, -0.1) is 0 Å². The molecule has 1 atom stereocenters. The van der Waals surface area contributed by atoms with Crippen LogP contribution in [0.5, 0.6) is 0 Å². The minimum atomic E-state index is -1.13. The Labute approximate surface area is 176 Å². The van der Waals surface area contributed by atoms with E-state index in [0.29, 0.717) is 0 Å². The molecule has 128 valence electrons. The third-order valence-electron chi connectivity index (χ3n) is 3.59. The number of rotatable bonds is 14. The Kier molecular flexibility index (Phi) is 25.4. The van der Waals surface area contributed by atoms with Crippen LogP contribution in [0, 0.1) is 0 Å². The molecule has 0 saturated carbocycles. The SMILES string of the molecule is CCCCCCCCCCCCC(C)OC(=O)CC(=O)O.[LiH].[NaH]. The van der Waals surface area contributed by atoms with Crippen molar-refractivity contribution in [3.63, 3.8) is 0 Å². The van der Waals surface area contributed by atoms with Gasteiger partial charge in [-0.2, -0.15) is 0 Å². The molecule has 0 aliphatic carbocycles. The van der Waals surface area contributed by atoms with E-state index in [0.717, 1.165) is 19.3 Å². The second kappa shape index (κ2) is 20.6. The molecule has 4 nitrogen and oxygen atoms in total. The Bertz CT molecular complexity index is 288. The maximum atomic E-state index is 11.1. The molecule has 0 saturated heterocycles. The van der Waals surface area contributed by atoms with Crippen LogP contribution < -0.4 is 0 Å². The molecule has 1 unspecified atom stereocenters. The number of hydrogen-bond acceptors (Lipinski definition) is 3. The molecule has 0 aromatic carbocycles. The number of carboxylic acids is 1. The number of unbranched alkanes of at least 4 members (excludes halogenated alkanes) is 9. The molecule has 1 N–H and O–H groups in total. The molecule has 0 bridgehead atoms. The predicted octanol–water partition coefficient (Wildman–Crippen LogP) is 3.41. The molecule has 0 radical (unpaired) electrons. The molecule has 0 aliphatic rings. The summed E-state index contributed by atoms with van der Waals surface area (Å²) in [5.74, 6) is -1.77. The van der Waals surface area contributed by atoms with Crippen molar-refractivity contribution in [3.8, 4) is 0 Å². The van der Waals surface area contributed by atoms with Gasteiger partial charge in [0.05, 0.1) is 6.10 Å². The molecule has 0 heterocycles. The Morgan fingerprint density at radius 2 is 1.35 bits per heavy atom. The van der Waals surface area contributed by atoms with Crippen molar-refractivity contribution in [3.05, 3.63) is 0 Å². The summed E-state index contributed by atoms with van der Waals surface area (Å²) < 4.78 is 5.02. The fourth-order valence-electron chi connectivity index (χ4n) is 2.37. The van der Waals surface area contributed by atoms with Crippen LogP contribution in [0.1, 0.15) is 90.9 Å². The van der Waals surface area contributed by atoms with Crippen molar-refractivity contribution in [2.75, 3.05) is 0 Å². The van der Waals surface area contributed by atoms with Crippen LogP contribution in [0.2, 0.25) is 0 Å². The van der Waals surface area contributed by atoms with Crippen molar-refractivity contribution < 1.29 is 19.4 Å². The van der Waals surface area contributed by atoms with Crippen molar-refractivity contribution in [1.82, 2.24) is 0 Å². The summed E-state index contributed by atoms with van der Waals surface area (Å²) in [6, 6.07) is 0. The summed E-state index contributed by atoms with van der Waals surface area (Å²) in [6.45, 7) is 4.06. The van der Waals surface area contributed by atoms with Gasteiger partial charge in [0.25, 0.3) is 0 Å². The summed E-state index contributed by atoms with van der Waals surface area (Å²) in [4.78, 5) is 21.5. The number of aliphatic carboxylic acids is 1. The number of carbonyl (C=O) groups is 2. The van der Waals surface area contributed by atoms with Gasteiger partial charge < -0.3 is 9.84 Å². The van der Waals surface area contributed by atoms with Gasteiger partial charge in [-0.25, -0.2) is 0 Å². The fraction of sp³-hybridized carbons (Fsp3) is 0.882. The molecular formula is C17H34LiNaO4. The number of hydrogen-bond donors (Lipinski definition) is 1. The first kappa shape index (κ1) is 28.3. The second-order valence-corrected chi connectivity index (χ2v) is 5.84. The van der Waals surface area contributed by atoms with Gasteiger partial charge in [0, 0.05) is 0 Å². The Balaban J connectivity index is -0.00000200. The van der Waals surface area contributed by atoms with E-state index in [1.807, 2.05) is 6.92 Å². The van der Waals surface area contributed by atoms with E-state index in [-0.39, 0.29) is 54.5 Å². The van der Waals surface area contributed by atoms with Crippen LogP contribution in [-0.4, -0.2) is 71.6 Å². The number of ether oxygens (including phenoxy) is 1. The van der Waals surface area contributed by atoms with Crippen molar-refractivity contribution in [1.29, 1.82) is 0 Å². The third-order valence-corrected chi connectivity index (χ3v) is 3.59. The summed E-state index contributed by atoms with van der Waals surface area (Å²) in [5.41, 5.74) is 0. The van der Waals surface area contributed by atoms with E-state index in [1.165, 1.54) is 51.4 Å². The van der Waals surface area contributed by atoms with Gasteiger partial charge in [-0.3, -0.25) is 9.59 Å². The van der Waals surface area contributed by atoms with Gasteiger partial charge in [-0.1, -0.05) is 64.7 Å². The zero-order chi connectivity index (χ0) is 15.9. The number of carboxylic acid groups (broad SMARTS) is 1.